The maximum atomic E-state index is 12.8. The summed E-state index contributed by atoms with van der Waals surface area (Å²) in [6.07, 6.45) is 2.56. The van der Waals surface area contributed by atoms with E-state index in [1.54, 1.807) is 15.9 Å². The minimum Gasteiger partial charge on any atom is -0.355 e. The number of para-hydroxylation sites is 1. The molecular formula is C24H28N6O2S. The van der Waals surface area contributed by atoms with Crippen molar-refractivity contribution in [3.63, 3.8) is 0 Å². The highest BCUT2D eigenvalue weighted by molar-refractivity contribution is 7.09. The summed E-state index contributed by atoms with van der Waals surface area (Å²) in [7, 11) is 0. The van der Waals surface area contributed by atoms with Gasteiger partial charge >= 0.3 is 0 Å². The zero-order valence-electron chi connectivity index (χ0n) is 18.7. The van der Waals surface area contributed by atoms with Crippen LogP contribution in [0.1, 0.15) is 30.5 Å². The molecule has 9 heteroatoms. The smallest absolute Gasteiger partial charge is 0.262 e. The molecule has 0 atom stereocenters. The van der Waals surface area contributed by atoms with Gasteiger partial charge in [0.25, 0.3) is 5.56 Å². The molecule has 1 amide bonds. The van der Waals surface area contributed by atoms with Gasteiger partial charge in [0.15, 0.2) is 5.82 Å². The Morgan fingerprint density at radius 1 is 1.15 bits per heavy atom. The van der Waals surface area contributed by atoms with E-state index in [2.05, 4.69) is 31.9 Å². The summed E-state index contributed by atoms with van der Waals surface area (Å²) in [4.78, 5) is 29.1. The summed E-state index contributed by atoms with van der Waals surface area (Å²) in [5, 5.41) is 14.6. The summed E-state index contributed by atoms with van der Waals surface area (Å²) in [5.74, 6) is 1.63. The number of nitrogens with zero attached hydrogens (tertiary/aromatic N) is 5. The van der Waals surface area contributed by atoms with E-state index in [4.69, 9.17) is 0 Å². The second kappa shape index (κ2) is 9.44. The number of fused-ring (bicyclic) bond motifs is 3. The van der Waals surface area contributed by atoms with Crippen molar-refractivity contribution in [2.24, 2.45) is 5.92 Å². The number of hydrogen-bond donors (Lipinski definition) is 1. The minimum atomic E-state index is -0.0366. The number of piperidine rings is 1. The van der Waals surface area contributed by atoms with Crippen LogP contribution in [0, 0.1) is 5.92 Å². The third-order valence-electron chi connectivity index (χ3n) is 6.47. The average molecular weight is 465 g/mol. The summed E-state index contributed by atoms with van der Waals surface area (Å²) in [6, 6.07) is 11.8. The van der Waals surface area contributed by atoms with Crippen LogP contribution < -0.4 is 10.9 Å². The number of carbonyl (C=O) groups excluding carboxylic acids is 1. The maximum Gasteiger partial charge on any atom is 0.262 e. The first kappa shape index (κ1) is 21.8. The van der Waals surface area contributed by atoms with Gasteiger partial charge in [-0.3, -0.25) is 23.5 Å². The Morgan fingerprint density at radius 2 is 1.97 bits per heavy atom. The van der Waals surface area contributed by atoms with Crippen molar-refractivity contribution >= 4 is 33.9 Å². The van der Waals surface area contributed by atoms with Crippen LogP contribution in [0.5, 0.6) is 0 Å². The Kier molecular flexibility index (Phi) is 6.24. The van der Waals surface area contributed by atoms with Gasteiger partial charge in [-0.25, -0.2) is 0 Å². The monoisotopic (exact) mass is 464 g/mol. The van der Waals surface area contributed by atoms with Crippen molar-refractivity contribution < 1.29 is 4.79 Å². The lowest BCUT2D eigenvalue weighted by atomic mass is 9.96. The fourth-order valence-electron chi connectivity index (χ4n) is 4.66. The number of thiophene rings is 1. The number of benzene rings is 1. The predicted octanol–water partition coefficient (Wildman–Crippen LogP) is 2.70. The molecule has 0 spiro atoms. The minimum absolute atomic E-state index is 0.0366. The number of amides is 1. The van der Waals surface area contributed by atoms with Gasteiger partial charge in [-0.1, -0.05) is 18.2 Å². The summed E-state index contributed by atoms with van der Waals surface area (Å²) in [5.41, 5.74) is 0.799. The molecule has 0 unspecified atom stereocenters. The molecule has 0 bridgehead atoms. The van der Waals surface area contributed by atoms with Crippen LogP contribution in [0.4, 0.5) is 0 Å². The number of nitrogens with one attached hydrogen (secondary N) is 1. The first-order valence-electron chi connectivity index (χ1n) is 11.5. The number of aryl methyl sites for hydroxylation is 1. The molecule has 1 aliphatic rings. The number of aromatic nitrogens is 4. The molecular weight excluding hydrogens is 436 g/mol. The third-order valence-corrected chi connectivity index (χ3v) is 7.40. The van der Waals surface area contributed by atoms with Crippen LogP contribution in [0.25, 0.3) is 16.7 Å². The largest absolute Gasteiger partial charge is 0.355 e. The van der Waals surface area contributed by atoms with Crippen molar-refractivity contribution in [2.45, 2.75) is 39.3 Å². The third kappa shape index (κ3) is 4.30. The standard InChI is InChI=1S/C24H28N6O2S/c1-2-29-23(32)19-7-3-4-8-20(19)30-21(26-27-24(29)30)16-28-13-10-17(11-14-28)22(31)25-12-9-18-6-5-15-33-18/h3-8,15,17H,2,9-14,16H2,1H3,(H,25,31). The van der Waals surface area contributed by atoms with Gasteiger partial charge in [-0.05, 0) is 62.9 Å². The molecule has 3 aromatic heterocycles. The second-order valence-electron chi connectivity index (χ2n) is 8.49. The van der Waals surface area contributed by atoms with Gasteiger partial charge in [0.2, 0.25) is 11.7 Å². The Morgan fingerprint density at radius 3 is 2.73 bits per heavy atom. The number of carbonyl (C=O) groups is 1. The van der Waals surface area contributed by atoms with Crippen molar-refractivity contribution in [2.75, 3.05) is 19.6 Å². The first-order valence-corrected chi connectivity index (χ1v) is 12.4. The lowest BCUT2D eigenvalue weighted by molar-refractivity contribution is -0.126. The summed E-state index contributed by atoms with van der Waals surface area (Å²) < 4.78 is 3.68. The van der Waals surface area contributed by atoms with Gasteiger partial charge in [0, 0.05) is 23.9 Å². The Bertz CT molecular complexity index is 1320. The molecule has 0 radical (unpaired) electrons. The molecule has 1 fully saturated rings. The van der Waals surface area contributed by atoms with Crippen LogP contribution >= 0.6 is 11.3 Å². The molecule has 1 saturated heterocycles. The van der Waals surface area contributed by atoms with Crippen molar-refractivity contribution in [3.05, 3.63) is 62.8 Å². The van der Waals surface area contributed by atoms with E-state index >= 15 is 0 Å². The van der Waals surface area contributed by atoms with E-state index in [0.717, 1.165) is 43.7 Å². The fraction of sp³-hybridized carbons (Fsp3) is 0.417. The summed E-state index contributed by atoms with van der Waals surface area (Å²) >= 11 is 1.73. The number of rotatable bonds is 7. The molecule has 5 rings (SSSR count). The maximum absolute atomic E-state index is 12.8. The molecule has 8 nitrogen and oxygen atoms in total. The van der Waals surface area contributed by atoms with Crippen molar-refractivity contribution in [1.82, 2.24) is 29.4 Å². The quantitative estimate of drug-likeness (QED) is 0.455. The van der Waals surface area contributed by atoms with Gasteiger partial charge < -0.3 is 5.32 Å². The lowest BCUT2D eigenvalue weighted by Gasteiger charge is -2.30. The van der Waals surface area contributed by atoms with Gasteiger partial charge in [0.1, 0.15) is 0 Å². The van der Waals surface area contributed by atoms with E-state index < -0.39 is 0 Å². The van der Waals surface area contributed by atoms with Crippen molar-refractivity contribution in [3.8, 4) is 0 Å². The SMILES string of the molecule is CCn1c(=O)c2ccccc2n2c(CN3CCC(C(=O)NCCc4cccs4)CC3)nnc12. The lowest BCUT2D eigenvalue weighted by Crippen LogP contribution is -2.41. The Balaban J connectivity index is 1.25. The van der Waals surface area contributed by atoms with E-state index in [1.165, 1.54) is 4.88 Å². The van der Waals surface area contributed by atoms with Gasteiger partial charge in [-0.15, -0.1) is 21.5 Å². The van der Waals surface area contributed by atoms with Crippen LogP contribution in [-0.2, 0) is 24.3 Å². The molecule has 4 heterocycles. The van der Waals surface area contributed by atoms with Crippen molar-refractivity contribution in [1.29, 1.82) is 0 Å². The molecule has 172 valence electrons. The van der Waals surface area contributed by atoms with E-state index in [-0.39, 0.29) is 17.4 Å². The summed E-state index contributed by atoms with van der Waals surface area (Å²) in [6.45, 7) is 5.49. The second-order valence-corrected chi connectivity index (χ2v) is 9.52. The van der Waals surface area contributed by atoms with Crippen LogP contribution in [0.3, 0.4) is 0 Å². The highest BCUT2D eigenvalue weighted by Gasteiger charge is 2.26. The molecule has 0 saturated carbocycles. The Labute approximate surface area is 195 Å². The predicted molar refractivity (Wildman–Crippen MR) is 129 cm³/mol. The van der Waals surface area contributed by atoms with Gasteiger partial charge in [-0.2, -0.15) is 0 Å². The van der Waals surface area contributed by atoms with E-state index in [1.807, 2.05) is 41.7 Å². The first-order chi connectivity index (χ1) is 16.2. The molecule has 1 N–H and O–H groups in total. The topological polar surface area (TPSA) is 84.5 Å². The highest BCUT2D eigenvalue weighted by atomic mass is 32.1. The normalized spacial score (nSPS) is 15.4. The highest BCUT2D eigenvalue weighted by Crippen LogP contribution is 2.21. The zero-order valence-corrected chi connectivity index (χ0v) is 19.6. The molecule has 33 heavy (non-hydrogen) atoms. The van der Waals surface area contributed by atoms with E-state index in [0.29, 0.717) is 30.8 Å². The molecule has 1 aromatic carbocycles. The van der Waals surface area contributed by atoms with Crippen LogP contribution in [-0.4, -0.2) is 49.6 Å². The van der Waals surface area contributed by atoms with Gasteiger partial charge in [0.05, 0.1) is 17.4 Å². The van der Waals surface area contributed by atoms with E-state index in [9.17, 15) is 9.59 Å². The van der Waals surface area contributed by atoms with Crippen LogP contribution in [0.15, 0.2) is 46.6 Å². The fourth-order valence-corrected chi connectivity index (χ4v) is 5.37. The molecule has 0 aliphatic carbocycles. The number of hydrogen-bond acceptors (Lipinski definition) is 6. The zero-order chi connectivity index (χ0) is 22.8. The molecule has 4 aromatic rings. The number of likely N-dealkylation sites (tertiary alicyclic amines) is 1. The molecule has 1 aliphatic heterocycles. The Hall–Kier alpha value is -3.04. The average Bonchev–Trinajstić information content (AvgIpc) is 3.50. The van der Waals surface area contributed by atoms with Crippen LogP contribution in [0.2, 0.25) is 0 Å².